The average molecular weight is 383 g/mol. The Morgan fingerprint density at radius 1 is 1.04 bits per heavy atom. The zero-order chi connectivity index (χ0) is 18.8. The summed E-state index contributed by atoms with van der Waals surface area (Å²) in [5.74, 6) is -1.90. The lowest BCUT2D eigenvalue weighted by Crippen LogP contribution is -2.13. The van der Waals surface area contributed by atoms with Gasteiger partial charge in [-0.1, -0.05) is 18.2 Å². The van der Waals surface area contributed by atoms with Gasteiger partial charge in [-0.25, -0.2) is 18.7 Å². The van der Waals surface area contributed by atoms with Gasteiger partial charge in [-0.2, -0.15) is 0 Å². The molecule has 0 aliphatic rings. The van der Waals surface area contributed by atoms with E-state index in [-0.39, 0.29) is 5.01 Å². The summed E-state index contributed by atoms with van der Waals surface area (Å²) in [6, 6.07) is 10.8. The Hall–Kier alpha value is -3.39. The average Bonchev–Trinajstić information content (AvgIpc) is 3.37. The van der Waals surface area contributed by atoms with Crippen molar-refractivity contribution < 1.29 is 18.0 Å². The summed E-state index contributed by atoms with van der Waals surface area (Å²) in [7, 11) is 0. The lowest BCUT2D eigenvalue weighted by Gasteiger charge is -2.05. The first-order valence-electron chi connectivity index (χ1n) is 7.83. The SMILES string of the molecule is O=C(Nc1c(F)cccc1F)c1ncc(-c2cccc(-c3ncco3)c2)s1. The number of benzene rings is 2. The van der Waals surface area contributed by atoms with Gasteiger partial charge < -0.3 is 9.73 Å². The summed E-state index contributed by atoms with van der Waals surface area (Å²) < 4.78 is 32.7. The maximum Gasteiger partial charge on any atom is 0.284 e. The smallest absolute Gasteiger partial charge is 0.284 e. The Balaban J connectivity index is 1.59. The first-order valence-corrected chi connectivity index (χ1v) is 8.65. The maximum absolute atomic E-state index is 13.7. The number of hydrogen-bond acceptors (Lipinski definition) is 5. The third-order valence-electron chi connectivity index (χ3n) is 3.73. The minimum atomic E-state index is -0.848. The van der Waals surface area contributed by atoms with Gasteiger partial charge in [0, 0.05) is 11.8 Å². The lowest BCUT2D eigenvalue weighted by atomic mass is 10.1. The number of rotatable bonds is 4. The van der Waals surface area contributed by atoms with E-state index in [2.05, 4.69) is 15.3 Å². The van der Waals surface area contributed by atoms with Crippen LogP contribution in [0.3, 0.4) is 0 Å². The van der Waals surface area contributed by atoms with E-state index in [4.69, 9.17) is 4.42 Å². The van der Waals surface area contributed by atoms with Crippen LogP contribution in [0.4, 0.5) is 14.5 Å². The molecule has 0 bridgehead atoms. The van der Waals surface area contributed by atoms with Crippen LogP contribution in [0.2, 0.25) is 0 Å². The second-order valence-corrected chi connectivity index (χ2v) is 6.53. The van der Waals surface area contributed by atoms with Crippen LogP contribution in [0, 0.1) is 11.6 Å². The molecule has 4 rings (SSSR count). The van der Waals surface area contributed by atoms with Crippen molar-refractivity contribution >= 4 is 22.9 Å². The molecule has 2 aromatic carbocycles. The predicted molar refractivity (Wildman–Crippen MR) is 97.4 cm³/mol. The number of aromatic nitrogens is 2. The fraction of sp³-hybridized carbons (Fsp3) is 0. The standard InChI is InChI=1S/C19H11F2N3O2S/c20-13-5-2-6-14(21)16(13)24-17(25)19-23-10-15(27-19)11-3-1-4-12(9-11)18-22-7-8-26-18/h1-10H,(H,24,25). The van der Waals surface area contributed by atoms with E-state index in [1.54, 1.807) is 6.20 Å². The van der Waals surface area contributed by atoms with Crippen molar-refractivity contribution in [3.05, 3.63) is 77.8 Å². The van der Waals surface area contributed by atoms with Crippen LogP contribution >= 0.6 is 11.3 Å². The van der Waals surface area contributed by atoms with Crippen molar-refractivity contribution in [2.45, 2.75) is 0 Å². The topological polar surface area (TPSA) is 68.0 Å². The van der Waals surface area contributed by atoms with Crippen molar-refractivity contribution in [3.63, 3.8) is 0 Å². The summed E-state index contributed by atoms with van der Waals surface area (Å²) in [6.45, 7) is 0. The van der Waals surface area contributed by atoms with Crippen LogP contribution in [0.1, 0.15) is 9.80 Å². The zero-order valence-corrected chi connectivity index (χ0v) is 14.5. The zero-order valence-electron chi connectivity index (χ0n) is 13.6. The highest BCUT2D eigenvalue weighted by Gasteiger charge is 2.17. The van der Waals surface area contributed by atoms with E-state index in [1.807, 2.05) is 24.3 Å². The summed E-state index contributed by atoms with van der Waals surface area (Å²) in [5, 5.41) is 2.32. The molecular formula is C19H11F2N3O2S. The summed E-state index contributed by atoms with van der Waals surface area (Å²) >= 11 is 1.11. The molecule has 0 spiro atoms. The first-order chi connectivity index (χ1) is 13.1. The fourth-order valence-electron chi connectivity index (χ4n) is 2.47. The monoisotopic (exact) mass is 383 g/mol. The Kier molecular flexibility index (Phi) is 4.47. The summed E-state index contributed by atoms with van der Waals surface area (Å²) in [4.78, 5) is 21.2. The molecule has 0 unspecified atom stereocenters. The molecule has 0 aliphatic heterocycles. The number of carbonyl (C=O) groups is 1. The van der Waals surface area contributed by atoms with E-state index in [1.165, 1.54) is 18.5 Å². The molecule has 0 saturated carbocycles. The number of halogens is 2. The molecule has 8 heteroatoms. The van der Waals surface area contributed by atoms with Crippen molar-refractivity contribution in [2.75, 3.05) is 5.32 Å². The lowest BCUT2D eigenvalue weighted by molar-refractivity contribution is 0.102. The molecule has 5 nitrogen and oxygen atoms in total. The van der Waals surface area contributed by atoms with Gasteiger partial charge >= 0.3 is 0 Å². The van der Waals surface area contributed by atoms with Gasteiger partial charge in [-0.05, 0) is 29.8 Å². The number of thiazole rings is 1. The molecule has 0 saturated heterocycles. The Morgan fingerprint density at radius 3 is 2.52 bits per heavy atom. The van der Waals surface area contributed by atoms with E-state index < -0.39 is 23.2 Å². The van der Waals surface area contributed by atoms with Gasteiger partial charge in [0.25, 0.3) is 5.91 Å². The van der Waals surface area contributed by atoms with Crippen molar-refractivity contribution in [3.8, 4) is 21.9 Å². The minimum absolute atomic E-state index is 0.0918. The van der Waals surface area contributed by atoms with Gasteiger partial charge in [0.1, 0.15) is 23.6 Å². The van der Waals surface area contributed by atoms with Crippen LogP contribution in [0.5, 0.6) is 0 Å². The van der Waals surface area contributed by atoms with Gasteiger partial charge in [0.2, 0.25) is 5.89 Å². The number of anilines is 1. The summed E-state index contributed by atoms with van der Waals surface area (Å²) in [5.41, 5.74) is 1.11. The molecule has 1 N–H and O–H groups in total. The minimum Gasteiger partial charge on any atom is -0.445 e. The number of hydrogen-bond donors (Lipinski definition) is 1. The van der Waals surface area contributed by atoms with E-state index >= 15 is 0 Å². The number of nitrogens with one attached hydrogen (secondary N) is 1. The number of para-hydroxylation sites is 1. The molecule has 1 amide bonds. The Labute approximate surface area is 156 Å². The van der Waals surface area contributed by atoms with Crippen LogP contribution in [0.25, 0.3) is 21.9 Å². The molecule has 0 atom stereocenters. The summed E-state index contributed by atoms with van der Waals surface area (Å²) in [6.07, 6.45) is 4.57. The highest BCUT2D eigenvalue weighted by molar-refractivity contribution is 7.17. The molecular weight excluding hydrogens is 372 g/mol. The van der Waals surface area contributed by atoms with E-state index in [0.717, 1.165) is 39.5 Å². The van der Waals surface area contributed by atoms with Gasteiger partial charge in [0.05, 0.1) is 11.1 Å². The number of amides is 1. The highest BCUT2D eigenvalue weighted by atomic mass is 32.1. The number of carbonyl (C=O) groups excluding carboxylic acids is 1. The predicted octanol–water partition coefficient (Wildman–Crippen LogP) is 5.00. The molecule has 2 heterocycles. The third-order valence-corrected chi connectivity index (χ3v) is 4.77. The van der Waals surface area contributed by atoms with E-state index in [0.29, 0.717) is 5.89 Å². The third kappa shape index (κ3) is 3.47. The van der Waals surface area contributed by atoms with Gasteiger partial charge in [-0.3, -0.25) is 4.79 Å². The van der Waals surface area contributed by atoms with Crippen molar-refractivity contribution in [1.82, 2.24) is 9.97 Å². The largest absolute Gasteiger partial charge is 0.445 e. The van der Waals surface area contributed by atoms with Gasteiger partial charge in [-0.15, -0.1) is 11.3 Å². The molecule has 134 valence electrons. The maximum atomic E-state index is 13.7. The molecule has 0 radical (unpaired) electrons. The van der Waals surface area contributed by atoms with Crippen LogP contribution in [-0.2, 0) is 0 Å². The van der Waals surface area contributed by atoms with Crippen LogP contribution in [0.15, 0.2) is 65.5 Å². The second-order valence-electron chi connectivity index (χ2n) is 5.50. The molecule has 4 aromatic rings. The van der Waals surface area contributed by atoms with Crippen molar-refractivity contribution in [1.29, 1.82) is 0 Å². The fourth-order valence-corrected chi connectivity index (χ4v) is 3.28. The normalized spacial score (nSPS) is 10.7. The Morgan fingerprint density at radius 2 is 1.78 bits per heavy atom. The first kappa shape index (κ1) is 17.0. The van der Waals surface area contributed by atoms with Crippen LogP contribution < -0.4 is 5.32 Å². The molecule has 0 fully saturated rings. The van der Waals surface area contributed by atoms with Crippen LogP contribution in [-0.4, -0.2) is 15.9 Å². The molecule has 27 heavy (non-hydrogen) atoms. The molecule has 0 aliphatic carbocycles. The van der Waals surface area contributed by atoms with Gasteiger partial charge in [0.15, 0.2) is 5.01 Å². The molecule has 2 aromatic heterocycles. The number of nitrogens with zero attached hydrogens (tertiary/aromatic N) is 2. The highest BCUT2D eigenvalue weighted by Crippen LogP contribution is 2.30. The quantitative estimate of drug-likeness (QED) is 0.539. The second kappa shape index (κ2) is 7.08. The van der Waals surface area contributed by atoms with E-state index in [9.17, 15) is 13.6 Å². The van der Waals surface area contributed by atoms with Crippen molar-refractivity contribution in [2.24, 2.45) is 0 Å². The Bertz CT molecular complexity index is 1090. The number of oxazole rings is 1.